The van der Waals surface area contributed by atoms with Gasteiger partial charge in [0.05, 0.1) is 11.3 Å². The molecule has 2 heterocycles. The molecule has 0 saturated heterocycles. The van der Waals surface area contributed by atoms with E-state index in [9.17, 15) is 14.7 Å². The van der Waals surface area contributed by atoms with Crippen LogP contribution in [0.25, 0.3) is 22.4 Å². The monoisotopic (exact) mass is 292 g/mol. The van der Waals surface area contributed by atoms with Crippen LogP contribution in [0, 0.1) is 0 Å². The van der Waals surface area contributed by atoms with Crippen molar-refractivity contribution in [2.24, 2.45) is 0 Å². The topological polar surface area (TPSA) is 83.0 Å². The summed E-state index contributed by atoms with van der Waals surface area (Å²) in [5, 5.41) is 9.62. The Kier molecular flexibility index (Phi) is 3.53. The Hall–Kier alpha value is -3.21. The molecule has 0 aliphatic rings. The highest BCUT2D eigenvalue weighted by Crippen LogP contribution is 2.29. The van der Waals surface area contributed by atoms with E-state index < -0.39 is 5.97 Å². The van der Waals surface area contributed by atoms with Crippen molar-refractivity contribution >= 4 is 5.97 Å². The molecule has 0 aliphatic carbocycles. The Labute approximate surface area is 125 Å². The zero-order chi connectivity index (χ0) is 15.5. The van der Waals surface area contributed by atoms with Crippen molar-refractivity contribution in [2.45, 2.75) is 0 Å². The Morgan fingerprint density at radius 2 is 1.77 bits per heavy atom. The lowest BCUT2D eigenvalue weighted by molar-refractivity contribution is 0.0698. The minimum absolute atomic E-state index is 0.0544. The first kappa shape index (κ1) is 13.8. The number of rotatable bonds is 3. The summed E-state index contributed by atoms with van der Waals surface area (Å²) < 4.78 is 0. The molecule has 2 aromatic heterocycles. The number of benzene rings is 1. The van der Waals surface area contributed by atoms with E-state index in [1.54, 1.807) is 42.6 Å². The zero-order valence-electron chi connectivity index (χ0n) is 11.5. The van der Waals surface area contributed by atoms with Gasteiger partial charge in [-0.1, -0.05) is 30.3 Å². The van der Waals surface area contributed by atoms with Gasteiger partial charge in [0.2, 0.25) is 5.56 Å². The maximum absolute atomic E-state index is 12.0. The fourth-order valence-corrected chi connectivity index (χ4v) is 2.35. The molecule has 0 atom stereocenters. The highest BCUT2D eigenvalue weighted by Gasteiger charge is 2.19. The lowest BCUT2D eigenvalue weighted by Gasteiger charge is -2.11. The fraction of sp³-hybridized carbons (Fsp3) is 0. The van der Waals surface area contributed by atoms with Crippen LogP contribution in [0.2, 0.25) is 0 Å². The average Bonchev–Trinajstić information content (AvgIpc) is 2.55. The minimum atomic E-state index is -1.10. The molecule has 0 radical (unpaired) electrons. The quantitative estimate of drug-likeness (QED) is 0.777. The van der Waals surface area contributed by atoms with Gasteiger partial charge in [-0.15, -0.1) is 0 Å². The Balaban J connectivity index is 2.35. The molecular weight excluding hydrogens is 280 g/mol. The average molecular weight is 292 g/mol. The third kappa shape index (κ3) is 2.52. The van der Waals surface area contributed by atoms with Gasteiger partial charge in [-0.3, -0.25) is 9.78 Å². The van der Waals surface area contributed by atoms with E-state index in [0.29, 0.717) is 16.7 Å². The second-order valence-corrected chi connectivity index (χ2v) is 4.71. The van der Waals surface area contributed by atoms with E-state index in [-0.39, 0.29) is 16.8 Å². The van der Waals surface area contributed by atoms with Crippen molar-refractivity contribution in [3.8, 4) is 22.4 Å². The smallest absolute Gasteiger partial charge is 0.338 e. The Morgan fingerprint density at radius 1 is 1.05 bits per heavy atom. The lowest BCUT2D eigenvalue weighted by Crippen LogP contribution is -2.13. The first-order valence-corrected chi connectivity index (χ1v) is 6.63. The van der Waals surface area contributed by atoms with Crippen LogP contribution >= 0.6 is 0 Å². The maximum atomic E-state index is 12.0. The van der Waals surface area contributed by atoms with Crippen LogP contribution in [-0.4, -0.2) is 21.0 Å². The van der Waals surface area contributed by atoms with Crippen molar-refractivity contribution in [3.63, 3.8) is 0 Å². The molecule has 0 amide bonds. The van der Waals surface area contributed by atoms with Gasteiger partial charge in [0.1, 0.15) is 0 Å². The molecule has 0 unspecified atom stereocenters. The largest absolute Gasteiger partial charge is 0.478 e. The number of aromatic amines is 1. The summed E-state index contributed by atoms with van der Waals surface area (Å²) in [6.45, 7) is 0. The number of pyridine rings is 2. The summed E-state index contributed by atoms with van der Waals surface area (Å²) in [5.74, 6) is -1.10. The number of aromatic nitrogens is 2. The molecule has 3 aromatic rings. The van der Waals surface area contributed by atoms with Gasteiger partial charge in [-0.2, -0.15) is 0 Å². The van der Waals surface area contributed by atoms with Gasteiger partial charge in [0.25, 0.3) is 0 Å². The predicted molar refractivity (Wildman–Crippen MR) is 82.7 cm³/mol. The first-order chi connectivity index (χ1) is 10.7. The summed E-state index contributed by atoms with van der Waals surface area (Å²) in [5.41, 5.74) is 1.56. The molecule has 0 aliphatic heterocycles. The fourth-order valence-electron chi connectivity index (χ4n) is 2.35. The summed E-state index contributed by atoms with van der Waals surface area (Å²) in [4.78, 5) is 30.3. The number of carboxylic acid groups (broad SMARTS) is 1. The molecule has 0 fully saturated rings. The van der Waals surface area contributed by atoms with Gasteiger partial charge in [-0.25, -0.2) is 4.79 Å². The van der Waals surface area contributed by atoms with Gasteiger partial charge in [0.15, 0.2) is 0 Å². The lowest BCUT2D eigenvalue weighted by atomic mass is 9.96. The number of carboxylic acids is 1. The molecule has 5 heteroatoms. The maximum Gasteiger partial charge on any atom is 0.338 e. The molecule has 3 rings (SSSR count). The summed E-state index contributed by atoms with van der Waals surface area (Å²) in [7, 11) is 0. The van der Waals surface area contributed by atoms with Gasteiger partial charge in [0, 0.05) is 29.6 Å². The Morgan fingerprint density at radius 3 is 2.41 bits per heavy atom. The zero-order valence-corrected chi connectivity index (χ0v) is 11.5. The number of aromatic carboxylic acids is 1. The predicted octanol–water partition coefficient (Wildman–Crippen LogP) is 2.80. The van der Waals surface area contributed by atoms with E-state index >= 15 is 0 Å². The van der Waals surface area contributed by atoms with Crippen LogP contribution in [0.4, 0.5) is 0 Å². The summed E-state index contributed by atoms with van der Waals surface area (Å²) in [6.07, 6.45) is 3.11. The number of nitrogens with zero attached hydrogens (tertiary/aromatic N) is 1. The van der Waals surface area contributed by atoms with Crippen LogP contribution in [0.1, 0.15) is 10.4 Å². The highest BCUT2D eigenvalue weighted by molar-refractivity contribution is 6.01. The standard InChI is InChI=1S/C17H12N2O3/c20-14-9-13(11-5-2-1-3-6-11)15(17(21)22)16(19-14)12-7-4-8-18-10-12/h1-10H,(H,19,20)(H,21,22). The van der Waals surface area contributed by atoms with Crippen LogP contribution in [0.3, 0.4) is 0 Å². The number of H-pyrrole nitrogens is 1. The van der Waals surface area contributed by atoms with E-state index in [2.05, 4.69) is 9.97 Å². The molecule has 0 saturated carbocycles. The second kappa shape index (κ2) is 5.65. The second-order valence-electron chi connectivity index (χ2n) is 4.71. The molecule has 1 aromatic carbocycles. The van der Waals surface area contributed by atoms with Crippen molar-refractivity contribution < 1.29 is 9.90 Å². The van der Waals surface area contributed by atoms with E-state index in [0.717, 1.165) is 0 Å². The van der Waals surface area contributed by atoms with Crippen molar-refractivity contribution in [1.82, 2.24) is 9.97 Å². The molecule has 22 heavy (non-hydrogen) atoms. The third-order valence-electron chi connectivity index (χ3n) is 3.29. The first-order valence-electron chi connectivity index (χ1n) is 6.63. The molecule has 0 bridgehead atoms. The van der Waals surface area contributed by atoms with Crippen molar-refractivity contribution in [2.75, 3.05) is 0 Å². The van der Waals surface area contributed by atoms with Crippen LogP contribution in [0.15, 0.2) is 65.7 Å². The molecule has 0 spiro atoms. The van der Waals surface area contributed by atoms with Gasteiger partial charge < -0.3 is 10.1 Å². The Bertz CT molecular complexity index is 808. The normalized spacial score (nSPS) is 10.4. The molecule has 5 nitrogen and oxygen atoms in total. The van der Waals surface area contributed by atoms with Gasteiger partial charge in [-0.05, 0) is 17.7 Å². The molecular formula is C17H12N2O3. The van der Waals surface area contributed by atoms with Crippen LogP contribution in [0.5, 0.6) is 0 Å². The number of carbonyl (C=O) groups is 1. The SMILES string of the molecule is O=C(O)c1c(-c2ccccc2)cc(=O)[nH]c1-c1cccnc1. The van der Waals surface area contributed by atoms with E-state index in [4.69, 9.17) is 0 Å². The number of hydrogen-bond donors (Lipinski definition) is 2. The summed E-state index contributed by atoms with van der Waals surface area (Å²) in [6, 6.07) is 13.7. The minimum Gasteiger partial charge on any atom is -0.478 e. The van der Waals surface area contributed by atoms with Crippen molar-refractivity contribution in [3.05, 3.63) is 76.8 Å². The number of hydrogen-bond acceptors (Lipinski definition) is 3. The number of nitrogens with one attached hydrogen (secondary N) is 1. The third-order valence-corrected chi connectivity index (χ3v) is 3.29. The molecule has 108 valence electrons. The van der Waals surface area contributed by atoms with Crippen LogP contribution in [-0.2, 0) is 0 Å². The van der Waals surface area contributed by atoms with Crippen molar-refractivity contribution in [1.29, 1.82) is 0 Å². The summed E-state index contributed by atoms with van der Waals surface area (Å²) >= 11 is 0. The highest BCUT2D eigenvalue weighted by atomic mass is 16.4. The van der Waals surface area contributed by atoms with E-state index in [1.165, 1.54) is 12.3 Å². The molecule has 2 N–H and O–H groups in total. The van der Waals surface area contributed by atoms with Gasteiger partial charge >= 0.3 is 5.97 Å². The van der Waals surface area contributed by atoms with E-state index in [1.807, 2.05) is 6.07 Å². The van der Waals surface area contributed by atoms with Crippen LogP contribution < -0.4 is 5.56 Å².